The number of aliphatic carboxylic acids is 1. The fourth-order valence-electron chi connectivity index (χ4n) is 8.08. The molecular weight excluding hydrogens is 939 g/mol. The molecule has 0 aromatic rings. The van der Waals surface area contributed by atoms with Gasteiger partial charge in [0.15, 0.2) is 0 Å². The fourth-order valence-corrected chi connectivity index (χ4v) is 8.08. The van der Waals surface area contributed by atoms with Gasteiger partial charge in [0, 0.05) is 19.9 Å². The smallest absolute Gasteiger partial charge is 0.326 e. The molecule has 0 radical (unpaired) electrons. The lowest BCUT2D eigenvalue weighted by Gasteiger charge is -2.30. The number of hydrogen-bond donors (Lipinski definition) is 12. The minimum Gasteiger partial charge on any atom is -0.480 e. The largest absolute Gasteiger partial charge is 0.480 e. The molecule has 0 aromatic heterocycles. The first-order valence-corrected chi connectivity index (χ1v) is 27.5. The lowest BCUT2D eigenvalue weighted by Crippen LogP contribution is -2.62. The maximum absolute atomic E-state index is 14.2. The molecule has 0 saturated heterocycles. The minimum absolute atomic E-state index is 0.111. The summed E-state index contributed by atoms with van der Waals surface area (Å²) in [6.07, 6.45) is 19.0. The van der Waals surface area contributed by atoms with E-state index in [4.69, 9.17) is 17.2 Å². The van der Waals surface area contributed by atoms with Crippen molar-refractivity contribution in [2.75, 3.05) is 32.7 Å². The lowest BCUT2D eigenvalue weighted by atomic mass is 9.96. The van der Waals surface area contributed by atoms with Crippen molar-refractivity contribution >= 4 is 53.2 Å². The molecular formula is C52H99N11O10. The minimum atomic E-state index is -1.34. The van der Waals surface area contributed by atoms with Crippen LogP contribution >= 0.6 is 0 Å². The highest BCUT2D eigenvalue weighted by atomic mass is 16.4. The van der Waals surface area contributed by atoms with E-state index < -0.39 is 102 Å². The van der Waals surface area contributed by atoms with Gasteiger partial charge in [-0.1, -0.05) is 118 Å². The Hall–Kier alpha value is -4.89. The Morgan fingerprint density at radius 2 is 0.849 bits per heavy atom. The van der Waals surface area contributed by atoms with Gasteiger partial charge in [-0.2, -0.15) is 0 Å². The van der Waals surface area contributed by atoms with Crippen LogP contribution < -0.4 is 59.7 Å². The highest BCUT2D eigenvalue weighted by Crippen LogP contribution is 2.15. The summed E-state index contributed by atoms with van der Waals surface area (Å²) < 4.78 is 0. The number of carbonyl (C=O) groups excluding carboxylic acids is 8. The number of nitrogens with two attached hydrogens (primary N) is 3. The SMILES string of the molecule is CCCCCCCCCCCCCCCC(=O)NC[C@H](NC(=O)CNC(C)=O)C(=O)N[C@H](C(=O)N[C@@H](CCCCN)C(=O)N[C@H](C(=O)N[C@@H](CCCCN)C(=O)N[C@@H](CCCCN)C(=O)O)[C@@H](C)CC)C(C)C. The van der Waals surface area contributed by atoms with Crippen molar-refractivity contribution in [3.8, 4) is 0 Å². The van der Waals surface area contributed by atoms with E-state index in [2.05, 4.69) is 49.5 Å². The van der Waals surface area contributed by atoms with Crippen LogP contribution in [0.25, 0.3) is 0 Å². The summed E-state index contributed by atoms with van der Waals surface area (Å²) in [6, 6.07) is -7.32. The molecule has 0 unspecified atom stereocenters. The van der Waals surface area contributed by atoms with E-state index in [1.165, 1.54) is 64.7 Å². The Labute approximate surface area is 436 Å². The van der Waals surface area contributed by atoms with Gasteiger partial charge in [-0.3, -0.25) is 38.4 Å². The molecule has 0 aromatic carbocycles. The van der Waals surface area contributed by atoms with Crippen LogP contribution in [-0.4, -0.2) is 127 Å². The van der Waals surface area contributed by atoms with E-state index in [0.29, 0.717) is 71.0 Å². The van der Waals surface area contributed by atoms with Crippen molar-refractivity contribution in [3.63, 3.8) is 0 Å². The van der Waals surface area contributed by atoms with Crippen LogP contribution in [0.4, 0.5) is 0 Å². The molecule has 21 heteroatoms. The number of nitrogens with one attached hydrogen (secondary N) is 8. The van der Waals surface area contributed by atoms with Gasteiger partial charge >= 0.3 is 5.97 Å². The quantitative estimate of drug-likeness (QED) is 0.0391. The molecule has 422 valence electrons. The van der Waals surface area contributed by atoms with Gasteiger partial charge in [0.05, 0.1) is 6.54 Å². The molecule has 0 bridgehead atoms. The number of carboxylic acids is 1. The number of unbranched alkanes of at least 4 members (excludes halogenated alkanes) is 15. The van der Waals surface area contributed by atoms with E-state index in [-0.39, 0.29) is 38.1 Å². The summed E-state index contributed by atoms with van der Waals surface area (Å²) in [7, 11) is 0. The van der Waals surface area contributed by atoms with Crippen molar-refractivity contribution in [1.82, 2.24) is 42.5 Å². The third kappa shape index (κ3) is 32.8. The fraction of sp³-hybridized carbons (Fsp3) is 0.827. The average Bonchev–Trinajstić information content (AvgIpc) is 3.35. The van der Waals surface area contributed by atoms with Crippen LogP contribution in [0.5, 0.6) is 0 Å². The van der Waals surface area contributed by atoms with E-state index >= 15 is 0 Å². The number of carboxylic acid groups (broad SMARTS) is 1. The number of hydrogen-bond acceptors (Lipinski definition) is 12. The Kier molecular flexibility index (Phi) is 39.6. The Balaban J connectivity index is 6.09. The zero-order valence-electron chi connectivity index (χ0n) is 45.5. The van der Waals surface area contributed by atoms with Crippen LogP contribution in [0, 0.1) is 11.8 Å². The zero-order valence-corrected chi connectivity index (χ0v) is 45.5. The molecule has 0 rings (SSSR count). The van der Waals surface area contributed by atoms with Crippen LogP contribution in [-0.2, 0) is 43.2 Å². The molecule has 7 atom stereocenters. The van der Waals surface area contributed by atoms with Crippen molar-refractivity contribution in [2.45, 2.75) is 232 Å². The first-order valence-electron chi connectivity index (χ1n) is 27.5. The standard InChI is InChI=1S/C52H99N11O10/c1-7-9-10-11-12-13-14-15-16-17-18-19-20-30-43(65)57-34-42(58-44(66)35-56-38(6)64)49(69)62-45(36(3)4)50(70)59-40(28-22-25-32-54)48(68)63-46(37(5)8-2)51(71)60-39(27-21-24-31-53)47(67)61-41(52(72)73)29-23-26-33-55/h36-37,39-42,45-46H,7-35,53-55H2,1-6H3,(H,56,64)(H,57,65)(H,58,66)(H,59,70)(H,60,71)(H,61,67)(H,62,69)(H,63,68)(H,72,73)/t37-,39-,40-,41-,42-,45-,46-/m0/s1. The van der Waals surface area contributed by atoms with Gasteiger partial charge in [0.1, 0.15) is 36.3 Å². The Morgan fingerprint density at radius 3 is 1.29 bits per heavy atom. The highest BCUT2D eigenvalue weighted by molar-refractivity contribution is 5.97. The van der Waals surface area contributed by atoms with Gasteiger partial charge in [-0.15, -0.1) is 0 Å². The maximum Gasteiger partial charge on any atom is 0.326 e. The molecule has 0 heterocycles. The summed E-state index contributed by atoms with van der Waals surface area (Å²) in [5.74, 6) is -7.32. The van der Waals surface area contributed by atoms with Crippen molar-refractivity contribution < 1.29 is 48.3 Å². The third-order valence-corrected chi connectivity index (χ3v) is 12.9. The normalized spacial score (nSPS) is 14.1. The molecule has 0 saturated carbocycles. The number of rotatable bonds is 45. The molecule has 21 nitrogen and oxygen atoms in total. The second kappa shape index (κ2) is 42.5. The van der Waals surface area contributed by atoms with E-state index in [9.17, 15) is 48.3 Å². The maximum atomic E-state index is 14.2. The van der Waals surface area contributed by atoms with Crippen LogP contribution in [0.1, 0.15) is 196 Å². The zero-order chi connectivity index (χ0) is 55.0. The predicted octanol–water partition coefficient (Wildman–Crippen LogP) is 2.80. The monoisotopic (exact) mass is 1040 g/mol. The first-order chi connectivity index (χ1) is 34.9. The summed E-state index contributed by atoms with van der Waals surface area (Å²) in [5.41, 5.74) is 17.0. The number of carbonyl (C=O) groups is 9. The first kappa shape index (κ1) is 68.1. The van der Waals surface area contributed by atoms with Crippen molar-refractivity contribution in [2.24, 2.45) is 29.0 Å². The second-order valence-electron chi connectivity index (χ2n) is 19.8. The molecule has 73 heavy (non-hydrogen) atoms. The highest BCUT2D eigenvalue weighted by Gasteiger charge is 2.35. The molecule has 8 amide bonds. The van der Waals surface area contributed by atoms with Gasteiger partial charge < -0.3 is 64.8 Å². The van der Waals surface area contributed by atoms with Gasteiger partial charge in [-0.05, 0) is 95.7 Å². The van der Waals surface area contributed by atoms with Gasteiger partial charge in [-0.25, -0.2) is 4.79 Å². The van der Waals surface area contributed by atoms with Gasteiger partial charge in [0.2, 0.25) is 47.3 Å². The summed E-state index contributed by atoms with van der Waals surface area (Å²) in [4.78, 5) is 119. The summed E-state index contributed by atoms with van der Waals surface area (Å²) in [6.45, 7) is 10.6. The molecule has 0 aliphatic carbocycles. The molecule has 15 N–H and O–H groups in total. The summed E-state index contributed by atoms with van der Waals surface area (Å²) in [5, 5.41) is 30.9. The third-order valence-electron chi connectivity index (χ3n) is 12.9. The Morgan fingerprint density at radius 1 is 0.438 bits per heavy atom. The predicted molar refractivity (Wildman–Crippen MR) is 284 cm³/mol. The molecule has 0 fully saturated rings. The number of amides is 8. The molecule has 0 aliphatic heterocycles. The van der Waals surface area contributed by atoms with Crippen molar-refractivity contribution in [1.29, 1.82) is 0 Å². The van der Waals surface area contributed by atoms with E-state index in [1.54, 1.807) is 20.8 Å². The van der Waals surface area contributed by atoms with E-state index in [0.717, 1.165) is 19.3 Å². The van der Waals surface area contributed by atoms with Crippen molar-refractivity contribution in [3.05, 3.63) is 0 Å². The average molecular weight is 1040 g/mol. The molecule has 0 aliphatic rings. The van der Waals surface area contributed by atoms with Crippen LogP contribution in [0.2, 0.25) is 0 Å². The topological polar surface area (TPSA) is 348 Å². The lowest BCUT2D eigenvalue weighted by molar-refractivity contribution is -0.142. The second-order valence-corrected chi connectivity index (χ2v) is 19.8. The van der Waals surface area contributed by atoms with Crippen LogP contribution in [0.15, 0.2) is 0 Å². The Bertz CT molecular complexity index is 1620. The van der Waals surface area contributed by atoms with Gasteiger partial charge in [0.25, 0.3) is 0 Å². The summed E-state index contributed by atoms with van der Waals surface area (Å²) >= 11 is 0. The van der Waals surface area contributed by atoms with E-state index in [1.807, 2.05) is 6.92 Å². The van der Waals surface area contributed by atoms with Crippen LogP contribution in [0.3, 0.4) is 0 Å². The molecule has 0 spiro atoms.